The lowest BCUT2D eigenvalue weighted by Crippen LogP contribution is -2.36. The van der Waals surface area contributed by atoms with E-state index in [1.165, 1.54) is 12.1 Å². The van der Waals surface area contributed by atoms with Gasteiger partial charge in [0.05, 0.1) is 19.2 Å². The summed E-state index contributed by atoms with van der Waals surface area (Å²) in [6.45, 7) is 3.30. The minimum absolute atomic E-state index is 0.262. The molecule has 26 heavy (non-hydrogen) atoms. The lowest BCUT2D eigenvalue weighted by molar-refractivity contribution is -0.137. The number of hydrogen-bond donors (Lipinski definition) is 2. The van der Waals surface area contributed by atoms with Gasteiger partial charge in [-0.05, 0) is 30.7 Å². The summed E-state index contributed by atoms with van der Waals surface area (Å²) in [6, 6.07) is 8.68. The first-order chi connectivity index (χ1) is 12.4. The predicted molar refractivity (Wildman–Crippen MR) is 93.9 cm³/mol. The van der Waals surface area contributed by atoms with Gasteiger partial charge in [0.2, 0.25) is 5.88 Å². The molecule has 140 valence electrons. The molecule has 0 aliphatic carbocycles. The van der Waals surface area contributed by atoms with Crippen molar-refractivity contribution in [2.75, 3.05) is 13.7 Å². The Bertz CT molecular complexity index is 730. The maximum atomic E-state index is 12.6. The van der Waals surface area contributed by atoms with Gasteiger partial charge in [0.25, 0.3) is 0 Å². The number of aliphatic imine (C=N–C) groups is 1. The molecule has 0 aliphatic rings. The highest BCUT2D eigenvalue weighted by Crippen LogP contribution is 2.29. The summed E-state index contributed by atoms with van der Waals surface area (Å²) in [4.78, 5) is 8.53. The fourth-order valence-electron chi connectivity index (χ4n) is 2.23. The molecule has 8 heteroatoms. The summed E-state index contributed by atoms with van der Waals surface area (Å²) in [7, 11) is 1.55. The Kier molecular flexibility index (Phi) is 6.82. The van der Waals surface area contributed by atoms with Crippen LogP contribution in [-0.4, -0.2) is 24.6 Å². The van der Waals surface area contributed by atoms with Crippen LogP contribution in [0.15, 0.2) is 47.6 Å². The van der Waals surface area contributed by atoms with Crippen LogP contribution in [-0.2, 0) is 19.3 Å². The Balaban J connectivity index is 2.02. The zero-order chi connectivity index (χ0) is 19.0. The first-order valence-electron chi connectivity index (χ1n) is 8.10. The van der Waals surface area contributed by atoms with Gasteiger partial charge in [-0.15, -0.1) is 0 Å². The normalized spacial score (nSPS) is 12.0. The zero-order valence-corrected chi connectivity index (χ0v) is 14.6. The molecule has 0 bridgehead atoms. The average molecular weight is 366 g/mol. The first-order valence-corrected chi connectivity index (χ1v) is 8.10. The largest absolute Gasteiger partial charge is 0.481 e. The van der Waals surface area contributed by atoms with E-state index in [-0.39, 0.29) is 6.54 Å². The number of halogens is 3. The predicted octanol–water partition coefficient (Wildman–Crippen LogP) is 3.36. The number of methoxy groups -OCH3 is 1. The SMILES string of the molecule is CCNC(=NCc1ccc(C(F)(F)F)cc1)NCc1cccnc1OC. The van der Waals surface area contributed by atoms with E-state index < -0.39 is 11.7 Å². The van der Waals surface area contributed by atoms with Gasteiger partial charge in [0, 0.05) is 24.8 Å². The van der Waals surface area contributed by atoms with Crippen LogP contribution >= 0.6 is 0 Å². The van der Waals surface area contributed by atoms with Crippen LogP contribution in [0.4, 0.5) is 13.2 Å². The third kappa shape index (κ3) is 5.65. The maximum Gasteiger partial charge on any atom is 0.416 e. The third-order valence-corrected chi connectivity index (χ3v) is 3.53. The van der Waals surface area contributed by atoms with Crippen LogP contribution in [0.2, 0.25) is 0 Å². The summed E-state index contributed by atoms with van der Waals surface area (Å²) >= 11 is 0. The fraction of sp³-hybridized carbons (Fsp3) is 0.333. The Morgan fingerprint density at radius 1 is 1.15 bits per heavy atom. The van der Waals surface area contributed by atoms with Gasteiger partial charge in [0.15, 0.2) is 5.96 Å². The number of rotatable bonds is 6. The quantitative estimate of drug-likeness (QED) is 0.608. The second-order valence-corrected chi connectivity index (χ2v) is 5.42. The number of guanidine groups is 1. The fourth-order valence-corrected chi connectivity index (χ4v) is 2.23. The highest BCUT2D eigenvalue weighted by Gasteiger charge is 2.29. The van der Waals surface area contributed by atoms with E-state index in [0.29, 0.717) is 30.5 Å². The second kappa shape index (κ2) is 9.07. The highest BCUT2D eigenvalue weighted by atomic mass is 19.4. The van der Waals surface area contributed by atoms with E-state index in [1.54, 1.807) is 13.3 Å². The van der Waals surface area contributed by atoms with Crippen LogP contribution in [0.5, 0.6) is 5.88 Å². The van der Waals surface area contributed by atoms with Gasteiger partial charge in [-0.1, -0.05) is 18.2 Å². The van der Waals surface area contributed by atoms with Gasteiger partial charge in [-0.25, -0.2) is 9.98 Å². The summed E-state index contributed by atoms with van der Waals surface area (Å²) in [5.41, 5.74) is 0.892. The molecule has 0 saturated carbocycles. The molecule has 1 heterocycles. The van der Waals surface area contributed by atoms with E-state index >= 15 is 0 Å². The highest BCUT2D eigenvalue weighted by molar-refractivity contribution is 5.79. The van der Waals surface area contributed by atoms with Gasteiger partial charge < -0.3 is 15.4 Å². The van der Waals surface area contributed by atoms with Gasteiger partial charge in [-0.3, -0.25) is 0 Å². The van der Waals surface area contributed by atoms with Crippen molar-refractivity contribution in [3.63, 3.8) is 0 Å². The Hall–Kier alpha value is -2.77. The molecule has 1 aromatic heterocycles. The number of nitrogens with zero attached hydrogens (tertiary/aromatic N) is 2. The molecule has 2 rings (SSSR count). The molecule has 0 aliphatic heterocycles. The number of nitrogens with one attached hydrogen (secondary N) is 2. The van der Waals surface area contributed by atoms with E-state index in [1.807, 2.05) is 19.1 Å². The minimum Gasteiger partial charge on any atom is -0.481 e. The van der Waals surface area contributed by atoms with Crippen LogP contribution < -0.4 is 15.4 Å². The molecule has 0 spiro atoms. The smallest absolute Gasteiger partial charge is 0.416 e. The van der Waals surface area contributed by atoms with Crippen LogP contribution in [0.25, 0.3) is 0 Å². The Morgan fingerprint density at radius 3 is 2.50 bits per heavy atom. The van der Waals surface area contributed by atoms with E-state index in [0.717, 1.165) is 17.7 Å². The third-order valence-electron chi connectivity index (χ3n) is 3.53. The molecule has 2 N–H and O–H groups in total. The number of aromatic nitrogens is 1. The number of benzene rings is 1. The molecule has 0 fully saturated rings. The molecule has 5 nitrogen and oxygen atoms in total. The Morgan fingerprint density at radius 2 is 1.88 bits per heavy atom. The maximum absolute atomic E-state index is 12.6. The van der Waals surface area contributed by atoms with E-state index in [9.17, 15) is 13.2 Å². The second-order valence-electron chi connectivity index (χ2n) is 5.42. The molecule has 0 amide bonds. The van der Waals surface area contributed by atoms with Gasteiger partial charge in [-0.2, -0.15) is 13.2 Å². The molecular formula is C18H21F3N4O. The van der Waals surface area contributed by atoms with Crippen LogP contribution in [0.3, 0.4) is 0 Å². The molecular weight excluding hydrogens is 345 g/mol. The number of hydrogen-bond acceptors (Lipinski definition) is 3. The summed E-state index contributed by atoms with van der Waals surface area (Å²) in [6.07, 6.45) is -2.69. The van der Waals surface area contributed by atoms with E-state index in [4.69, 9.17) is 4.74 Å². The standard InChI is InChI=1S/C18H21F3N4O/c1-3-22-17(25-12-14-5-4-10-23-16(14)26-2)24-11-13-6-8-15(9-7-13)18(19,20)21/h4-10H,3,11-12H2,1-2H3,(H2,22,24,25). The van der Waals surface area contributed by atoms with Crippen molar-refractivity contribution in [1.82, 2.24) is 15.6 Å². The molecule has 0 unspecified atom stereocenters. The number of pyridine rings is 1. The lowest BCUT2D eigenvalue weighted by Gasteiger charge is -2.13. The van der Waals surface area contributed by atoms with Crippen molar-refractivity contribution < 1.29 is 17.9 Å². The van der Waals surface area contributed by atoms with Gasteiger partial charge in [0.1, 0.15) is 0 Å². The molecule has 2 aromatic rings. The van der Waals surface area contributed by atoms with Crippen molar-refractivity contribution >= 4 is 5.96 Å². The molecule has 1 aromatic carbocycles. The first kappa shape index (κ1) is 19.6. The van der Waals surface area contributed by atoms with E-state index in [2.05, 4.69) is 20.6 Å². The Labute approximate surface area is 150 Å². The van der Waals surface area contributed by atoms with Crippen molar-refractivity contribution in [3.8, 4) is 5.88 Å². The van der Waals surface area contributed by atoms with Crippen molar-refractivity contribution in [3.05, 3.63) is 59.3 Å². The van der Waals surface area contributed by atoms with Crippen molar-refractivity contribution in [2.45, 2.75) is 26.2 Å². The molecule has 0 atom stereocenters. The van der Waals surface area contributed by atoms with Crippen molar-refractivity contribution in [2.24, 2.45) is 4.99 Å². The van der Waals surface area contributed by atoms with Crippen LogP contribution in [0, 0.1) is 0 Å². The van der Waals surface area contributed by atoms with Crippen LogP contribution in [0.1, 0.15) is 23.6 Å². The lowest BCUT2D eigenvalue weighted by atomic mass is 10.1. The molecule has 0 radical (unpaired) electrons. The minimum atomic E-state index is -4.33. The summed E-state index contributed by atoms with van der Waals surface area (Å²) in [5.74, 6) is 1.08. The zero-order valence-electron chi connectivity index (χ0n) is 14.6. The monoisotopic (exact) mass is 366 g/mol. The molecule has 0 saturated heterocycles. The van der Waals surface area contributed by atoms with Gasteiger partial charge >= 0.3 is 6.18 Å². The topological polar surface area (TPSA) is 58.5 Å². The average Bonchev–Trinajstić information content (AvgIpc) is 2.64. The number of ether oxygens (including phenoxy) is 1. The van der Waals surface area contributed by atoms with Crippen molar-refractivity contribution in [1.29, 1.82) is 0 Å². The summed E-state index contributed by atoms with van der Waals surface area (Å²) < 4.78 is 43.0. The summed E-state index contributed by atoms with van der Waals surface area (Å²) in [5, 5.41) is 6.25. The number of alkyl halides is 3.